The number of carbonyl (C=O) groups excluding carboxylic acids is 4. The first-order chi connectivity index (χ1) is 20.3. The van der Waals surface area contributed by atoms with E-state index in [1.54, 1.807) is 39.5 Å². The van der Waals surface area contributed by atoms with E-state index in [0.717, 1.165) is 34.1 Å². The quantitative estimate of drug-likeness (QED) is 0.345. The molecule has 2 aromatic carbocycles. The molecule has 1 unspecified atom stereocenters. The summed E-state index contributed by atoms with van der Waals surface area (Å²) in [5.41, 5.74) is 1.14. The van der Waals surface area contributed by atoms with Gasteiger partial charge in [-0.3, -0.25) is 14.4 Å². The number of alkyl carbamates (subject to hydrolysis) is 1. The molecule has 3 aromatic rings. The van der Waals surface area contributed by atoms with E-state index in [9.17, 15) is 19.2 Å². The SMILES string of the molecule is CC(C)(C)OC(=O)NC(C)(C)C(=O)N[C@H](Cc1c[nH]c2ccccc12)C(=O)N1CCC2(CCNC(=O)C2)c2ccccc21. The summed E-state index contributed by atoms with van der Waals surface area (Å²) in [4.78, 5) is 58.1. The number of aromatic nitrogens is 1. The molecule has 1 saturated heterocycles. The maximum atomic E-state index is 14.4. The van der Waals surface area contributed by atoms with Gasteiger partial charge in [0.05, 0.1) is 0 Å². The van der Waals surface area contributed by atoms with Crippen molar-refractivity contribution in [2.75, 3.05) is 18.0 Å². The minimum Gasteiger partial charge on any atom is -0.444 e. The molecule has 43 heavy (non-hydrogen) atoms. The lowest BCUT2D eigenvalue weighted by Gasteiger charge is -2.45. The summed E-state index contributed by atoms with van der Waals surface area (Å²) in [5.74, 6) is -0.749. The molecular weight excluding hydrogens is 546 g/mol. The van der Waals surface area contributed by atoms with E-state index in [4.69, 9.17) is 4.74 Å². The number of nitrogens with zero attached hydrogens (tertiary/aromatic N) is 1. The molecule has 4 amide bonds. The molecule has 0 radical (unpaired) electrons. The predicted octanol–water partition coefficient (Wildman–Crippen LogP) is 4.08. The Morgan fingerprint density at radius 3 is 2.49 bits per heavy atom. The van der Waals surface area contributed by atoms with Crippen LogP contribution in [0.1, 0.15) is 65.0 Å². The summed E-state index contributed by atoms with van der Waals surface area (Å²) in [6.07, 6.45) is 3.20. The number of H-pyrrole nitrogens is 1. The largest absolute Gasteiger partial charge is 0.444 e. The highest BCUT2D eigenvalue weighted by Crippen LogP contribution is 2.46. The summed E-state index contributed by atoms with van der Waals surface area (Å²) in [5, 5.41) is 9.49. The number of anilines is 1. The molecule has 10 heteroatoms. The number of nitrogens with one attached hydrogen (secondary N) is 4. The third-order valence-corrected chi connectivity index (χ3v) is 8.35. The average molecular weight is 588 g/mol. The fourth-order valence-electron chi connectivity index (χ4n) is 6.17. The summed E-state index contributed by atoms with van der Waals surface area (Å²) in [6.45, 7) is 9.41. The maximum absolute atomic E-state index is 14.4. The molecule has 0 bridgehead atoms. The molecule has 5 rings (SSSR count). The van der Waals surface area contributed by atoms with E-state index in [0.29, 0.717) is 25.9 Å². The van der Waals surface area contributed by atoms with Gasteiger partial charge < -0.3 is 30.6 Å². The second-order valence-electron chi connectivity index (χ2n) is 13.2. The van der Waals surface area contributed by atoms with Crippen LogP contribution in [0.2, 0.25) is 0 Å². The van der Waals surface area contributed by atoms with Crippen LogP contribution in [0.3, 0.4) is 0 Å². The van der Waals surface area contributed by atoms with Gasteiger partial charge in [-0.25, -0.2) is 4.79 Å². The Balaban J connectivity index is 1.45. The molecule has 2 aliphatic rings. The minimum absolute atomic E-state index is 0.0185. The van der Waals surface area contributed by atoms with E-state index >= 15 is 0 Å². The summed E-state index contributed by atoms with van der Waals surface area (Å²) in [7, 11) is 0. The highest BCUT2D eigenvalue weighted by molar-refractivity contribution is 6.02. The third-order valence-electron chi connectivity index (χ3n) is 8.35. The molecule has 1 spiro atoms. The summed E-state index contributed by atoms with van der Waals surface area (Å²) >= 11 is 0. The molecule has 0 aliphatic carbocycles. The number of aromatic amines is 1. The van der Waals surface area contributed by atoms with Crippen molar-refractivity contribution in [3.63, 3.8) is 0 Å². The molecule has 228 valence electrons. The van der Waals surface area contributed by atoms with Gasteiger partial charge in [0.1, 0.15) is 17.2 Å². The Kier molecular flexibility index (Phi) is 7.98. The smallest absolute Gasteiger partial charge is 0.408 e. The number of fused-ring (bicyclic) bond motifs is 3. The van der Waals surface area contributed by atoms with Crippen molar-refractivity contribution < 1.29 is 23.9 Å². The van der Waals surface area contributed by atoms with Crippen LogP contribution in [0.25, 0.3) is 10.9 Å². The van der Waals surface area contributed by atoms with Gasteiger partial charge in [0.15, 0.2) is 0 Å². The van der Waals surface area contributed by atoms with Gasteiger partial charge in [0, 0.05) is 54.1 Å². The Labute approximate surface area is 251 Å². The monoisotopic (exact) mass is 587 g/mol. The zero-order valence-corrected chi connectivity index (χ0v) is 25.5. The minimum atomic E-state index is -1.36. The lowest BCUT2D eigenvalue weighted by Crippen LogP contribution is -2.61. The Morgan fingerprint density at radius 2 is 1.74 bits per heavy atom. The number of ether oxygens (including phenoxy) is 1. The van der Waals surface area contributed by atoms with E-state index in [2.05, 4.69) is 20.9 Å². The zero-order valence-electron chi connectivity index (χ0n) is 25.5. The molecule has 3 heterocycles. The molecule has 10 nitrogen and oxygen atoms in total. The molecule has 2 atom stereocenters. The van der Waals surface area contributed by atoms with Gasteiger partial charge in [-0.05, 0) is 70.7 Å². The van der Waals surface area contributed by atoms with Crippen LogP contribution in [0.4, 0.5) is 10.5 Å². The summed E-state index contributed by atoms with van der Waals surface area (Å²) < 4.78 is 5.37. The lowest BCUT2D eigenvalue weighted by molar-refractivity contribution is -0.131. The topological polar surface area (TPSA) is 133 Å². The van der Waals surface area contributed by atoms with Gasteiger partial charge in [-0.1, -0.05) is 36.4 Å². The van der Waals surface area contributed by atoms with Crippen molar-refractivity contribution in [3.8, 4) is 0 Å². The number of para-hydroxylation sites is 2. The number of benzene rings is 2. The van der Waals surface area contributed by atoms with Crippen LogP contribution >= 0.6 is 0 Å². The second-order valence-corrected chi connectivity index (χ2v) is 13.2. The molecular formula is C33H41N5O5. The number of piperidine rings is 1. The molecule has 4 N–H and O–H groups in total. The van der Waals surface area contributed by atoms with Crippen molar-refractivity contribution >= 4 is 40.4 Å². The molecule has 2 aliphatic heterocycles. The van der Waals surface area contributed by atoms with Crippen LogP contribution in [0, 0.1) is 0 Å². The standard InChI is InChI=1S/C33H41N5O5/c1-31(2,3)43-30(42)37-32(4,5)29(41)36-25(18-21-20-35-24-12-8-6-10-22(21)24)28(40)38-17-15-33(14-16-34-27(39)19-33)23-11-7-9-13-26(23)38/h6-13,20,25,35H,14-19H2,1-5H3,(H,34,39)(H,36,41)(H,37,42)/t25-,33?/m1/s1. The number of hydrogen-bond donors (Lipinski definition) is 4. The first-order valence-electron chi connectivity index (χ1n) is 14.8. The van der Waals surface area contributed by atoms with Crippen molar-refractivity contribution in [1.82, 2.24) is 20.9 Å². The Morgan fingerprint density at radius 1 is 1.02 bits per heavy atom. The number of carbonyl (C=O) groups is 4. The summed E-state index contributed by atoms with van der Waals surface area (Å²) in [6, 6.07) is 14.6. The van der Waals surface area contributed by atoms with Gasteiger partial charge in [-0.2, -0.15) is 0 Å². The first kappa shape index (κ1) is 30.1. The fraction of sp³-hybridized carbons (Fsp3) is 0.455. The van der Waals surface area contributed by atoms with E-state index in [1.807, 2.05) is 54.7 Å². The lowest BCUT2D eigenvalue weighted by atomic mass is 9.68. The van der Waals surface area contributed by atoms with Gasteiger partial charge in [-0.15, -0.1) is 0 Å². The highest BCUT2D eigenvalue weighted by Gasteiger charge is 2.45. The Bertz CT molecular complexity index is 1550. The molecule has 1 aromatic heterocycles. The second kappa shape index (κ2) is 11.4. The number of amides is 4. The first-order valence-corrected chi connectivity index (χ1v) is 14.8. The Hall–Kier alpha value is -4.34. The molecule has 1 fully saturated rings. The van der Waals surface area contributed by atoms with Gasteiger partial charge in [0.2, 0.25) is 17.7 Å². The predicted molar refractivity (Wildman–Crippen MR) is 165 cm³/mol. The highest BCUT2D eigenvalue weighted by atomic mass is 16.6. The van der Waals surface area contributed by atoms with Gasteiger partial charge in [0.25, 0.3) is 0 Å². The van der Waals surface area contributed by atoms with E-state index < -0.39 is 29.2 Å². The van der Waals surface area contributed by atoms with Crippen molar-refractivity contribution in [3.05, 3.63) is 65.9 Å². The number of hydrogen-bond acceptors (Lipinski definition) is 5. The fourth-order valence-corrected chi connectivity index (χ4v) is 6.17. The average Bonchev–Trinajstić information content (AvgIpc) is 3.34. The third kappa shape index (κ3) is 6.38. The van der Waals surface area contributed by atoms with Crippen LogP contribution in [0.5, 0.6) is 0 Å². The van der Waals surface area contributed by atoms with Crippen LogP contribution in [0.15, 0.2) is 54.7 Å². The number of rotatable bonds is 6. The van der Waals surface area contributed by atoms with Crippen LogP contribution < -0.4 is 20.9 Å². The molecule has 0 saturated carbocycles. The van der Waals surface area contributed by atoms with E-state index in [-0.39, 0.29) is 23.7 Å². The van der Waals surface area contributed by atoms with E-state index in [1.165, 1.54) is 0 Å². The van der Waals surface area contributed by atoms with Crippen molar-refractivity contribution in [1.29, 1.82) is 0 Å². The normalized spacial score (nSPS) is 19.4. The zero-order chi connectivity index (χ0) is 31.0. The van der Waals surface area contributed by atoms with Crippen molar-refractivity contribution in [2.45, 2.75) is 82.9 Å². The van der Waals surface area contributed by atoms with Crippen LogP contribution in [-0.4, -0.2) is 59.1 Å². The maximum Gasteiger partial charge on any atom is 0.408 e. The van der Waals surface area contributed by atoms with Crippen LogP contribution in [-0.2, 0) is 31.0 Å². The van der Waals surface area contributed by atoms with Gasteiger partial charge >= 0.3 is 6.09 Å². The van der Waals surface area contributed by atoms with Crippen molar-refractivity contribution in [2.24, 2.45) is 0 Å².